The Labute approximate surface area is 246 Å². The zero-order chi connectivity index (χ0) is 29.8. The normalized spacial score (nSPS) is 26.2. The van der Waals surface area contributed by atoms with E-state index in [0.29, 0.717) is 59.0 Å². The highest BCUT2D eigenvalue weighted by molar-refractivity contribution is 7.89. The Balaban J connectivity index is 1.22. The molecule has 3 aliphatic rings. The van der Waals surface area contributed by atoms with Gasteiger partial charge in [0.2, 0.25) is 10.0 Å². The van der Waals surface area contributed by atoms with Crippen molar-refractivity contribution in [3.8, 4) is 0 Å². The fraction of sp³-hybridized carbons (Fsp3) is 0.581. The Kier molecular flexibility index (Phi) is 7.45. The first kappa shape index (κ1) is 28.9. The summed E-state index contributed by atoms with van der Waals surface area (Å²) in [6, 6.07) is 7.21. The van der Waals surface area contributed by atoms with Gasteiger partial charge in [0.1, 0.15) is 11.0 Å². The number of rotatable bonds is 5. The van der Waals surface area contributed by atoms with E-state index in [-0.39, 0.29) is 36.1 Å². The predicted molar refractivity (Wildman–Crippen MR) is 161 cm³/mol. The maximum atomic E-state index is 13.5. The number of carbonyl (C=O) groups excluding carboxylic acids is 1. The first-order valence-corrected chi connectivity index (χ1v) is 16.6. The number of nitrogens with one attached hydrogen (secondary N) is 2. The van der Waals surface area contributed by atoms with Gasteiger partial charge in [0.25, 0.3) is 5.56 Å². The largest absolute Gasteiger partial charge is 0.460 e. The van der Waals surface area contributed by atoms with Crippen LogP contribution in [0, 0.1) is 11.8 Å². The molecule has 3 heterocycles. The van der Waals surface area contributed by atoms with Gasteiger partial charge in [-0.05, 0) is 95.0 Å². The van der Waals surface area contributed by atoms with Crippen LogP contribution in [-0.2, 0) is 26.1 Å². The molecule has 226 valence electrons. The first-order valence-electron chi connectivity index (χ1n) is 15.2. The molecule has 0 amide bonds. The van der Waals surface area contributed by atoms with E-state index in [1.165, 1.54) is 6.42 Å². The van der Waals surface area contributed by atoms with E-state index in [1.54, 1.807) is 22.6 Å². The lowest BCUT2D eigenvalue weighted by molar-refractivity contribution is -0.161. The second kappa shape index (κ2) is 10.8. The summed E-state index contributed by atoms with van der Waals surface area (Å²) < 4.78 is 36.2. The highest BCUT2D eigenvalue weighted by Crippen LogP contribution is 2.40. The Hall–Kier alpha value is -3.18. The molecule has 2 aromatic heterocycles. The number of H-pyrrole nitrogens is 1. The molecule has 10 nitrogen and oxygen atoms in total. The van der Waals surface area contributed by atoms with Crippen molar-refractivity contribution in [3.05, 3.63) is 46.4 Å². The van der Waals surface area contributed by atoms with Crippen LogP contribution in [0.2, 0.25) is 0 Å². The number of hydrogen-bond acceptors (Lipinski definition) is 7. The average molecular weight is 596 g/mol. The zero-order valence-electron chi connectivity index (χ0n) is 24.9. The summed E-state index contributed by atoms with van der Waals surface area (Å²) in [5.41, 5.74) is 1.46. The summed E-state index contributed by atoms with van der Waals surface area (Å²) in [5, 5.41) is 8.73. The predicted octanol–water partition coefficient (Wildman–Crippen LogP) is 5.62. The summed E-state index contributed by atoms with van der Waals surface area (Å²) in [7, 11) is -3.65. The van der Waals surface area contributed by atoms with Crippen molar-refractivity contribution in [1.29, 1.82) is 0 Å². The number of carbonyl (C=O) groups is 1. The monoisotopic (exact) mass is 595 g/mol. The van der Waals surface area contributed by atoms with Crippen molar-refractivity contribution in [2.75, 3.05) is 5.32 Å². The van der Waals surface area contributed by atoms with Crippen LogP contribution in [0.5, 0.6) is 0 Å². The Bertz CT molecular complexity index is 1660. The SMILES string of the molecule is C[C@H]1CCCC[C@@H]1n1nc(Nc2ccc3c(c2)CN(C2CCC(C(=O)OC(C)(C)C)CC2)S3(=O)=O)c2c(=O)[nH]ccc21. The van der Waals surface area contributed by atoms with Crippen LogP contribution in [0.1, 0.15) is 90.7 Å². The number of esters is 1. The van der Waals surface area contributed by atoms with E-state index >= 15 is 0 Å². The molecule has 2 fully saturated rings. The number of nitrogens with zero attached hydrogens (tertiary/aromatic N) is 3. The molecule has 11 heteroatoms. The summed E-state index contributed by atoms with van der Waals surface area (Å²) in [6.45, 7) is 8.10. The molecule has 2 N–H and O–H groups in total. The van der Waals surface area contributed by atoms with Gasteiger partial charge >= 0.3 is 5.97 Å². The van der Waals surface area contributed by atoms with Gasteiger partial charge in [0, 0.05) is 24.5 Å². The van der Waals surface area contributed by atoms with Crippen molar-refractivity contribution >= 4 is 38.4 Å². The number of hydrogen-bond donors (Lipinski definition) is 2. The molecule has 1 aromatic carbocycles. The van der Waals surface area contributed by atoms with Crippen LogP contribution in [0.3, 0.4) is 0 Å². The minimum Gasteiger partial charge on any atom is -0.460 e. The third-order valence-corrected chi connectivity index (χ3v) is 11.1. The smallest absolute Gasteiger partial charge is 0.309 e. The van der Waals surface area contributed by atoms with Gasteiger partial charge in [-0.15, -0.1) is 0 Å². The quantitative estimate of drug-likeness (QED) is 0.367. The summed E-state index contributed by atoms with van der Waals surface area (Å²) in [6.07, 6.45) is 8.63. The number of aromatic amines is 1. The highest BCUT2D eigenvalue weighted by Gasteiger charge is 2.42. The van der Waals surface area contributed by atoms with Crippen molar-refractivity contribution in [1.82, 2.24) is 19.1 Å². The van der Waals surface area contributed by atoms with E-state index in [0.717, 1.165) is 24.8 Å². The van der Waals surface area contributed by atoms with Crippen LogP contribution in [-0.4, -0.2) is 45.1 Å². The third kappa shape index (κ3) is 5.37. The summed E-state index contributed by atoms with van der Waals surface area (Å²) in [5.74, 6) is 0.543. The number of pyridine rings is 1. The molecule has 0 saturated heterocycles. The third-order valence-electron chi connectivity index (χ3n) is 9.09. The molecule has 0 bridgehead atoms. The molecule has 2 atom stereocenters. The standard InChI is InChI=1S/C31H41N5O5S/c1-19-7-5-6-8-24(19)36-25-15-16-32-29(37)27(25)28(34-36)33-22-11-14-26-21(17-22)18-35(42(26,39)40)23-12-9-20(10-13-23)30(38)41-31(2,3)4/h11,14-17,19-20,23-24H,5-10,12-13,18H2,1-4H3,(H,32,37)(H,33,34)/t19-,20?,23?,24-/m0/s1. The van der Waals surface area contributed by atoms with E-state index < -0.39 is 15.6 Å². The van der Waals surface area contributed by atoms with Crippen molar-refractivity contribution in [2.24, 2.45) is 11.8 Å². The van der Waals surface area contributed by atoms with Crippen LogP contribution in [0.15, 0.2) is 40.2 Å². The molecule has 2 aliphatic carbocycles. The van der Waals surface area contributed by atoms with Gasteiger partial charge in [0.15, 0.2) is 5.82 Å². The highest BCUT2D eigenvalue weighted by atomic mass is 32.2. The van der Waals surface area contributed by atoms with Gasteiger partial charge in [-0.25, -0.2) is 8.42 Å². The molecule has 6 rings (SSSR count). The van der Waals surface area contributed by atoms with Crippen molar-refractivity contribution in [3.63, 3.8) is 0 Å². The van der Waals surface area contributed by atoms with Crippen LogP contribution in [0.25, 0.3) is 10.9 Å². The van der Waals surface area contributed by atoms with Crippen LogP contribution < -0.4 is 10.9 Å². The molecular formula is C31H41N5O5S. The molecular weight excluding hydrogens is 554 g/mol. The lowest BCUT2D eigenvalue weighted by Crippen LogP contribution is -2.40. The lowest BCUT2D eigenvalue weighted by Gasteiger charge is -2.33. The minimum absolute atomic E-state index is 0.159. The zero-order valence-corrected chi connectivity index (χ0v) is 25.7. The summed E-state index contributed by atoms with van der Waals surface area (Å²) >= 11 is 0. The molecule has 0 unspecified atom stereocenters. The Morgan fingerprint density at radius 1 is 1.07 bits per heavy atom. The van der Waals surface area contributed by atoms with E-state index in [9.17, 15) is 18.0 Å². The fourth-order valence-electron chi connectivity index (χ4n) is 6.96. The molecule has 0 spiro atoms. The van der Waals surface area contributed by atoms with E-state index in [2.05, 4.69) is 17.2 Å². The maximum Gasteiger partial charge on any atom is 0.309 e. The van der Waals surface area contributed by atoms with Crippen LogP contribution in [0.4, 0.5) is 11.5 Å². The molecule has 0 radical (unpaired) electrons. The number of ether oxygens (including phenoxy) is 1. The number of aromatic nitrogens is 3. The number of anilines is 2. The Morgan fingerprint density at radius 2 is 1.81 bits per heavy atom. The molecule has 2 saturated carbocycles. The van der Waals surface area contributed by atoms with Crippen molar-refractivity contribution in [2.45, 2.75) is 108 Å². The second-order valence-electron chi connectivity index (χ2n) is 13.2. The van der Waals surface area contributed by atoms with Gasteiger partial charge in [-0.3, -0.25) is 14.3 Å². The lowest BCUT2D eigenvalue weighted by atomic mass is 9.86. The van der Waals surface area contributed by atoms with Gasteiger partial charge in [0.05, 0.1) is 22.4 Å². The van der Waals surface area contributed by atoms with Gasteiger partial charge < -0.3 is 15.0 Å². The molecule has 1 aliphatic heterocycles. The number of fused-ring (bicyclic) bond motifs is 2. The van der Waals surface area contributed by atoms with Crippen molar-refractivity contribution < 1.29 is 17.9 Å². The second-order valence-corrected chi connectivity index (χ2v) is 15.1. The van der Waals surface area contributed by atoms with E-state index in [1.807, 2.05) is 37.6 Å². The van der Waals surface area contributed by atoms with Gasteiger partial charge in [-0.1, -0.05) is 19.8 Å². The first-order chi connectivity index (χ1) is 19.9. The molecule has 42 heavy (non-hydrogen) atoms. The minimum atomic E-state index is -3.65. The maximum absolute atomic E-state index is 13.5. The molecule has 3 aromatic rings. The van der Waals surface area contributed by atoms with Crippen LogP contribution >= 0.6 is 0 Å². The van der Waals surface area contributed by atoms with Gasteiger partial charge in [-0.2, -0.15) is 9.40 Å². The Morgan fingerprint density at radius 3 is 2.52 bits per heavy atom. The fourth-order valence-corrected chi connectivity index (χ4v) is 8.82. The number of benzene rings is 1. The van der Waals surface area contributed by atoms with E-state index in [4.69, 9.17) is 9.84 Å². The number of sulfonamides is 1. The average Bonchev–Trinajstić information content (AvgIpc) is 3.42. The topological polar surface area (TPSA) is 126 Å². The summed E-state index contributed by atoms with van der Waals surface area (Å²) in [4.78, 5) is 28.6.